The Bertz CT molecular complexity index is 1360. The van der Waals surface area contributed by atoms with Crippen molar-refractivity contribution in [2.24, 2.45) is 0 Å². The van der Waals surface area contributed by atoms with Gasteiger partial charge in [0.2, 0.25) is 11.8 Å². The highest BCUT2D eigenvalue weighted by Crippen LogP contribution is 2.25. The molecular formula is C29H34FN3O4S. The molecule has 9 heteroatoms. The lowest BCUT2D eigenvalue weighted by Crippen LogP contribution is -2.52. The standard InChI is InChI=1S/C29H34FN3O4S/c1-5-27(29(35)31-6-2)32(19-23-9-7-8-22(4)18-23)28(34)20-33(25-14-10-21(3)11-15-25)38(36,37)26-16-12-24(30)13-17-26/h7-18,27H,5-6,19-20H2,1-4H3,(H,31,35). The third kappa shape index (κ3) is 6.98. The number of carbonyl (C=O) groups is 2. The zero-order valence-electron chi connectivity index (χ0n) is 22.1. The minimum atomic E-state index is -4.24. The number of nitrogens with zero attached hydrogens (tertiary/aromatic N) is 2. The molecule has 0 aliphatic carbocycles. The average Bonchev–Trinajstić information content (AvgIpc) is 2.88. The number of likely N-dealkylation sites (N-methyl/N-ethyl adjacent to an activating group) is 1. The minimum absolute atomic E-state index is 0.133. The van der Waals surface area contributed by atoms with Crippen LogP contribution in [0.3, 0.4) is 0 Å². The normalized spacial score (nSPS) is 12.0. The molecule has 2 amide bonds. The largest absolute Gasteiger partial charge is 0.355 e. The van der Waals surface area contributed by atoms with Crippen LogP contribution in [0, 0.1) is 19.7 Å². The van der Waals surface area contributed by atoms with E-state index >= 15 is 0 Å². The van der Waals surface area contributed by atoms with Crippen molar-refractivity contribution >= 4 is 27.5 Å². The third-order valence-corrected chi connectivity index (χ3v) is 7.96. The number of carbonyl (C=O) groups excluding carboxylic acids is 2. The quantitative estimate of drug-likeness (QED) is 0.387. The Morgan fingerprint density at radius 2 is 1.58 bits per heavy atom. The maximum Gasteiger partial charge on any atom is 0.264 e. The highest BCUT2D eigenvalue weighted by Gasteiger charge is 2.33. The fourth-order valence-electron chi connectivity index (χ4n) is 4.19. The molecule has 1 N–H and O–H groups in total. The summed E-state index contributed by atoms with van der Waals surface area (Å²) < 4.78 is 42.0. The van der Waals surface area contributed by atoms with Crippen LogP contribution in [0.1, 0.15) is 37.0 Å². The van der Waals surface area contributed by atoms with E-state index in [4.69, 9.17) is 0 Å². The van der Waals surface area contributed by atoms with Gasteiger partial charge in [0, 0.05) is 13.1 Å². The molecule has 0 aromatic heterocycles. The Labute approximate surface area is 224 Å². The first-order chi connectivity index (χ1) is 18.1. The van der Waals surface area contributed by atoms with Crippen LogP contribution >= 0.6 is 0 Å². The van der Waals surface area contributed by atoms with Crippen LogP contribution in [0.2, 0.25) is 0 Å². The summed E-state index contributed by atoms with van der Waals surface area (Å²) in [6.07, 6.45) is 0.346. The summed E-state index contributed by atoms with van der Waals surface area (Å²) in [6, 6.07) is 18.0. The summed E-state index contributed by atoms with van der Waals surface area (Å²) in [5, 5.41) is 2.78. The summed E-state index contributed by atoms with van der Waals surface area (Å²) in [5.74, 6) is -1.41. The van der Waals surface area contributed by atoms with Gasteiger partial charge in [-0.15, -0.1) is 0 Å². The summed E-state index contributed by atoms with van der Waals surface area (Å²) in [5.41, 5.74) is 3.03. The van der Waals surface area contributed by atoms with Crippen LogP contribution in [0.5, 0.6) is 0 Å². The Hall–Kier alpha value is -3.72. The molecule has 0 bridgehead atoms. The van der Waals surface area contributed by atoms with Gasteiger partial charge >= 0.3 is 0 Å². The van der Waals surface area contributed by atoms with Gasteiger partial charge in [0.25, 0.3) is 10.0 Å². The molecule has 3 aromatic carbocycles. The molecule has 0 aliphatic heterocycles. The smallest absolute Gasteiger partial charge is 0.264 e. The SMILES string of the molecule is CCNC(=O)C(CC)N(Cc1cccc(C)c1)C(=O)CN(c1ccc(C)cc1)S(=O)(=O)c1ccc(F)cc1. The molecule has 202 valence electrons. The van der Waals surface area contributed by atoms with Crippen molar-refractivity contribution in [1.29, 1.82) is 0 Å². The maximum absolute atomic E-state index is 13.9. The number of halogens is 1. The van der Waals surface area contributed by atoms with Gasteiger partial charge in [0.05, 0.1) is 10.6 Å². The average molecular weight is 540 g/mol. The number of rotatable bonds is 11. The number of nitrogens with one attached hydrogen (secondary N) is 1. The molecule has 3 aromatic rings. The van der Waals surface area contributed by atoms with Gasteiger partial charge in [-0.2, -0.15) is 0 Å². The second-order valence-corrected chi connectivity index (χ2v) is 11.0. The molecule has 0 spiro atoms. The van der Waals surface area contributed by atoms with Crippen LogP contribution in [0.4, 0.5) is 10.1 Å². The molecule has 0 radical (unpaired) electrons. The van der Waals surface area contributed by atoms with E-state index < -0.39 is 34.3 Å². The number of anilines is 1. The minimum Gasteiger partial charge on any atom is -0.355 e. The number of benzene rings is 3. The molecule has 3 rings (SSSR count). The van der Waals surface area contributed by atoms with E-state index in [1.807, 2.05) is 45.0 Å². The first kappa shape index (κ1) is 28.8. The Morgan fingerprint density at radius 3 is 2.16 bits per heavy atom. The molecule has 0 aliphatic rings. The second kappa shape index (κ2) is 12.7. The van der Waals surface area contributed by atoms with E-state index in [0.717, 1.165) is 33.1 Å². The first-order valence-corrected chi connectivity index (χ1v) is 14.0. The lowest BCUT2D eigenvalue weighted by molar-refractivity contribution is -0.140. The van der Waals surface area contributed by atoms with Gasteiger partial charge in [-0.1, -0.05) is 54.4 Å². The molecule has 0 fully saturated rings. The number of sulfonamides is 1. The maximum atomic E-state index is 13.9. The zero-order chi connectivity index (χ0) is 27.9. The Balaban J connectivity index is 2.05. The van der Waals surface area contributed by atoms with Gasteiger partial charge < -0.3 is 10.2 Å². The summed E-state index contributed by atoms with van der Waals surface area (Å²) in [6.45, 7) is 7.41. The van der Waals surface area contributed by atoms with Gasteiger partial charge in [0.1, 0.15) is 18.4 Å². The Morgan fingerprint density at radius 1 is 0.921 bits per heavy atom. The van der Waals surface area contributed by atoms with Crippen LogP contribution in [0.25, 0.3) is 0 Å². The van der Waals surface area contributed by atoms with E-state index in [9.17, 15) is 22.4 Å². The van der Waals surface area contributed by atoms with Crippen molar-refractivity contribution in [3.63, 3.8) is 0 Å². The lowest BCUT2D eigenvalue weighted by Gasteiger charge is -2.33. The molecule has 1 atom stereocenters. The first-order valence-electron chi connectivity index (χ1n) is 12.5. The van der Waals surface area contributed by atoms with Gasteiger partial charge in [-0.05, 0) is 69.2 Å². The van der Waals surface area contributed by atoms with E-state index in [0.29, 0.717) is 13.0 Å². The van der Waals surface area contributed by atoms with E-state index in [1.54, 1.807) is 31.2 Å². The topological polar surface area (TPSA) is 86.8 Å². The van der Waals surface area contributed by atoms with E-state index in [1.165, 1.54) is 17.0 Å². The van der Waals surface area contributed by atoms with Crippen molar-refractivity contribution in [3.8, 4) is 0 Å². The van der Waals surface area contributed by atoms with Crippen molar-refractivity contribution < 1.29 is 22.4 Å². The fraction of sp³-hybridized carbons (Fsp3) is 0.310. The van der Waals surface area contributed by atoms with Crippen LogP contribution in [0.15, 0.2) is 77.7 Å². The van der Waals surface area contributed by atoms with Gasteiger partial charge in [-0.25, -0.2) is 12.8 Å². The number of hydrogen-bond acceptors (Lipinski definition) is 4. The van der Waals surface area contributed by atoms with Crippen molar-refractivity contribution in [2.45, 2.75) is 51.6 Å². The van der Waals surface area contributed by atoms with Gasteiger partial charge in [0.15, 0.2) is 0 Å². The fourth-order valence-corrected chi connectivity index (χ4v) is 5.61. The number of aryl methyl sites for hydroxylation is 2. The Kier molecular flexibility index (Phi) is 9.63. The van der Waals surface area contributed by atoms with E-state index in [-0.39, 0.29) is 23.0 Å². The third-order valence-electron chi connectivity index (χ3n) is 6.17. The summed E-state index contributed by atoms with van der Waals surface area (Å²) >= 11 is 0. The number of hydrogen-bond donors (Lipinski definition) is 1. The van der Waals surface area contributed by atoms with Crippen LogP contribution < -0.4 is 9.62 Å². The zero-order valence-corrected chi connectivity index (χ0v) is 23.0. The molecule has 0 saturated carbocycles. The number of amides is 2. The van der Waals surface area contributed by atoms with Gasteiger partial charge in [-0.3, -0.25) is 13.9 Å². The molecular weight excluding hydrogens is 505 g/mol. The lowest BCUT2D eigenvalue weighted by atomic mass is 10.1. The summed E-state index contributed by atoms with van der Waals surface area (Å²) in [7, 11) is -4.24. The highest BCUT2D eigenvalue weighted by molar-refractivity contribution is 7.92. The second-order valence-electron chi connectivity index (χ2n) is 9.13. The predicted molar refractivity (Wildman–Crippen MR) is 147 cm³/mol. The highest BCUT2D eigenvalue weighted by atomic mass is 32.2. The van der Waals surface area contributed by atoms with Crippen LogP contribution in [-0.4, -0.2) is 44.3 Å². The molecule has 0 heterocycles. The van der Waals surface area contributed by atoms with Crippen molar-refractivity contribution in [1.82, 2.24) is 10.2 Å². The summed E-state index contributed by atoms with van der Waals surface area (Å²) in [4.78, 5) is 28.1. The molecule has 7 nitrogen and oxygen atoms in total. The van der Waals surface area contributed by atoms with Crippen molar-refractivity contribution in [3.05, 3.63) is 95.3 Å². The molecule has 1 unspecified atom stereocenters. The van der Waals surface area contributed by atoms with Crippen molar-refractivity contribution in [2.75, 3.05) is 17.4 Å². The monoisotopic (exact) mass is 539 g/mol. The van der Waals surface area contributed by atoms with Crippen LogP contribution in [-0.2, 0) is 26.2 Å². The molecule has 0 saturated heterocycles. The van der Waals surface area contributed by atoms with E-state index in [2.05, 4.69) is 5.32 Å². The predicted octanol–water partition coefficient (Wildman–Crippen LogP) is 4.58. The molecule has 38 heavy (non-hydrogen) atoms.